The zero-order valence-electron chi connectivity index (χ0n) is 12.3. The van der Waals surface area contributed by atoms with Gasteiger partial charge in [0.25, 0.3) is 0 Å². The molecule has 0 spiro atoms. The van der Waals surface area contributed by atoms with Crippen LogP contribution >= 0.6 is 0 Å². The Morgan fingerprint density at radius 2 is 2.32 bits per heavy atom. The van der Waals surface area contributed by atoms with Crippen molar-refractivity contribution in [1.29, 1.82) is 0 Å². The monoisotopic (exact) mass is 265 g/mol. The molecule has 1 saturated heterocycles. The highest BCUT2D eigenvalue weighted by Crippen LogP contribution is 2.22. The first-order chi connectivity index (χ1) is 9.31. The Morgan fingerprint density at radius 3 is 3.11 bits per heavy atom. The van der Waals surface area contributed by atoms with Crippen LogP contribution in [0.15, 0.2) is 10.6 Å². The minimum atomic E-state index is 0.780. The molecule has 19 heavy (non-hydrogen) atoms. The number of hydrogen-bond donors (Lipinski definition) is 1. The molecule has 1 atom stereocenters. The van der Waals surface area contributed by atoms with Crippen molar-refractivity contribution in [2.45, 2.75) is 52.1 Å². The first-order valence-electron chi connectivity index (χ1n) is 7.63. The molecule has 1 aromatic rings. The number of nitrogens with one attached hydrogen (secondary N) is 1. The molecular weight excluding hydrogens is 238 g/mol. The molecule has 1 aliphatic heterocycles. The van der Waals surface area contributed by atoms with Crippen molar-refractivity contribution in [2.24, 2.45) is 5.92 Å². The molecule has 4 heteroatoms. The molecule has 2 heterocycles. The van der Waals surface area contributed by atoms with Gasteiger partial charge in [-0.25, -0.2) is 0 Å². The van der Waals surface area contributed by atoms with Crippen LogP contribution in [0.5, 0.6) is 0 Å². The van der Waals surface area contributed by atoms with Crippen molar-refractivity contribution >= 4 is 0 Å². The molecule has 108 valence electrons. The minimum Gasteiger partial charge on any atom is -0.360 e. The smallest absolute Gasteiger partial charge is 0.151 e. The summed E-state index contributed by atoms with van der Waals surface area (Å²) in [5.41, 5.74) is 0.996. The maximum Gasteiger partial charge on any atom is 0.151 e. The van der Waals surface area contributed by atoms with E-state index in [-0.39, 0.29) is 0 Å². The number of rotatable bonds is 6. The van der Waals surface area contributed by atoms with Crippen molar-refractivity contribution in [2.75, 3.05) is 20.1 Å². The maximum absolute atomic E-state index is 5.40. The summed E-state index contributed by atoms with van der Waals surface area (Å²) in [5.74, 6) is 1.93. The van der Waals surface area contributed by atoms with Crippen molar-refractivity contribution in [3.8, 4) is 0 Å². The van der Waals surface area contributed by atoms with Crippen molar-refractivity contribution in [3.05, 3.63) is 17.5 Å². The first kappa shape index (κ1) is 14.5. The van der Waals surface area contributed by atoms with Crippen molar-refractivity contribution in [3.63, 3.8) is 0 Å². The Morgan fingerprint density at radius 1 is 1.42 bits per heavy atom. The Balaban J connectivity index is 1.81. The Labute approximate surface area is 116 Å². The average molecular weight is 265 g/mol. The summed E-state index contributed by atoms with van der Waals surface area (Å²) in [5, 5.41) is 7.17. The third kappa shape index (κ3) is 4.62. The summed E-state index contributed by atoms with van der Waals surface area (Å²) in [6.45, 7) is 6.38. The molecule has 1 aromatic heterocycles. The third-order valence-corrected chi connectivity index (χ3v) is 3.98. The zero-order chi connectivity index (χ0) is 13.5. The minimum absolute atomic E-state index is 0.780. The van der Waals surface area contributed by atoms with E-state index in [1.165, 1.54) is 45.2 Å². The van der Waals surface area contributed by atoms with Gasteiger partial charge in [-0.1, -0.05) is 24.9 Å². The van der Waals surface area contributed by atoms with Crippen LogP contribution in [0.25, 0.3) is 0 Å². The molecule has 4 nitrogen and oxygen atoms in total. The van der Waals surface area contributed by atoms with E-state index in [1.807, 2.05) is 7.05 Å². The van der Waals surface area contributed by atoms with Crippen LogP contribution in [0.2, 0.25) is 0 Å². The molecule has 2 rings (SSSR count). The Bertz CT molecular complexity index is 364. The Hall–Kier alpha value is -0.870. The molecule has 0 saturated carbocycles. The van der Waals surface area contributed by atoms with Gasteiger partial charge < -0.3 is 9.84 Å². The predicted octanol–water partition coefficient (Wildman–Crippen LogP) is 2.80. The molecule has 1 fully saturated rings. The Kier molecular flexibility index (Phi) is 5.86. The lowest BCUT2D eigenvalue weighted by molar-refractivity contribution is 0.235. The summed E-state index contributed by atoms with van der Waals surface area (Å²) in [7, 11) is 1.93. The van der Waals surface area contributed by atoms with E-state index in [9.17, 15) is 0 Å². The zero-order valence-corrected chi connectivity index (χ0v) is 12.3. The number of aromatic nitrogens is 1. The van der Waals surface area contributed by atoms with Gasteiger partial charge in [-0.2, -0.15) is 0 Å². The SMILES string of the molecule is CCCC1CCCN(Cc2cc(CNC)no2)CC1. The average Bonchev–Trinajstić information content (AvgIpc) is 2.71. The molecule has 0 aromatic carbocycles. The molecule has 1 N–H and O–H groups in total. The topological polar surface area (TPSA) is 41.3 Å². The molecule has 1 unspecified atom stereocenters. The van der Waals surface area contributed by atoms with E-state index >= 15 is 0 Å². The van der Waals surface area contributed by atoms with Gasteiger partial charge in [-0.05, 0) is 45.3 Å². The van der Waals surface area contributed by atoms with Crippen molar-refractivity contribution < 1.29 is 4.52 Å². The second-order valence-corrected chi connectivity index (χ2v) is 5.68. The largest absolute Gasteiger partial charge is 0.360 e. The molecule has 1 aliphatic rings. The van der Waals surface area contributed by atoms with E-state index in [4.69, 9.17) is 4.52 Å². The maximum atomic E-state index is 5.40. The molecule has 0 radical (unpaired) electrons. The second-order valence-electron chi connectivity index (χ2n) is 5.68. The van der Waals surface area contributed by atoms with Gasteiger partial charge in [-0.15, -0.1) is 0 Å². The van der Waals surface area contributed by atoms with Crippen LogP contribution in [0.4, 0.5) is 0 Å². The number of likely N-dealkylation sites (tertiary alicyclic amines) is 1. The predicted molar refractivity (Wildman–Crippen MR) is 76.8 cm³/mol. The fourth-order valence-electron chi connectivity index (χ4n) is 3.00. The number of hydrogen-bond acceptors (Lipinski definition) is 4. The van der Waals surface area contributed by atoms with E-state index in [0.29, 0.717) is 0 Å². The summed E-state index contributed by atoms with van der Waals surface area (Å²) < 4.78 is 5.40. The quantitative estimate of drug-likeness (QED) is 0.858. The van der Waals surface area contributed by atoms with Crippen LogP contribution in [-0.2, 0) is 13.1 Å². The standard InChI is InChI=1S/C15H27N3O/c1-3-5-13-6-4-8-18(9-7-13)12-15-10-14(11-16-2)17-19-15/h10,13,16H,3-9,11-12H2,1-2H3. The fourth-order valence-corrected chi connectivity index (χ4v) is 3.00. The summed E-state index contributed by atoms with van der Waals surface area (Å²) in [6, 6.07) is 2.07. The van der Waals surface area contributed by atoms with E-state index in [0.717, 1.165) is 30.5 Å². The van der Waals surface area contributed by atoms with Gasteiger partial charge in [0.05, 0.1) is 12.2 Å². The summed E-state index contributed by atoms with van der Waals surface area (Å²) in [6.07, 6.45) is 6.77. The second kappa shape index (κ2) is 7.65. The van der Waals surface area contributed by atoms with Crippen molar-refractivity contribution in [1.82, 2.24) is 15.4 Å². The highest BCUT2D eigenvalue weighted by atomic mass is 16.5. The van der Waals surface area contributed by atoms with Gasteiger partial charge in [0, 0.05) is 12.6 Å². The number of nitrogens with zero attached hydrogens (tertiary/aromatic N) is 2. The van der Waals surface area contributed by atoms with Gasteiger partial charge in [0.1, 0.15) is 0 Å². The van der Waals surface area contributed by atoms with Crippen LogP contribution in [0.1, 0.15) is 50.5 Å². The van der Waals surface area contributed by atoms with Gasteiger partial charge in [0.2, 0.25) is 0 Å². The normalized spacial score (nSPS) is 21.5. The van der Waals surface area contributed by atoms with Crippen LogP contribution < -0.4 is 5.32 Å². The summed E-state index contributed by atoms with van der Waals surface area (Å²) >= 11 is 0. The van der Waals surface area contributed by atoms with Gasteiger partial charge >= 0.3 is 0 Å². The van der Waals surface area contributed by atoms with Gasteiger partial charge in [0.15, 0.2) is 5.76 Å². The highest BCUT2D eigenvalue weighted by molar-refractivity contribution is 5.05. The van der Waals surface area contributed by atoms with Crippen LogP contribution in [0, 0.1) is 5.92 Å². The van der Waals surface area contributed by atoms with E-state index in [1.54, 1.807) is 0 Å². The molecule has 0 aliphatic carbocycles. The first-order valence-corrected chi connectivity index (χ1v) is 7.63. The fraction of sp³-hybridized carbons (Fsp3) is 0.800. The lowest BCUT2D eigenvalue weighted by Crippen LogP contribution is -2.24. The molecule has 0 amide bonds. The van der Waals surface area contributed by atoms with E-state index in [2.05, 4.69) is 28.4 Å². The van der Waals surface area contributed by atoms with Crippen LogP contribution in [-0.4, -0.2) is 30.2 Å². The van der Waals surface area contributed by atoms with E-state index < -0.39 is 0 Å². The lowest BCUT2D eigenvalue weighted by atomic mass is 9.96. The molecule has 0 bridgehead atoms. The lowest BCUT2D eigenvalue weighted by Gasteiger charge is -2.18. The van der Waals surface area contributed by atoms with Crippen LogP contribution in [0.3, 0.4) is 0 Å². The summed E-state index contributed by atoms with van der Waals surface area (Å²) in [4.78, 5) is 2.51. The highest BCUT2D eigenvalue weighted by Gasteiger charge is 2.17. The molecular formula is C15H27N3O. The third-order valence-electron chi connectivity index (χ3n) is 3.98. The van der Waals surface area contributed by atoms with Gasteiger partial charge in [-0.3, -0.25) is 4.90 Å².